The van der Waals surface area contributed by atoms with Crippen molar-refractivity contribution in [3.05, 3.63) is 59.4 Å². The van der Waals surface area contributed by atoms with Crippen LogP contribution in [0.2, 0.25) is 0 Å². The lowest BCUT2D eigenvalue weighted by molar-refractivity contribution is -0.125. The molecule has 1 aliphatic heterocycles. The molecular weight excluding hydrogens is 392 g/mol. The quantitative estimate of drug-likeness (QED) is 0.660. The largest absolute Gasteiger partial charge is 0.497 e. The van der Waals surface area contributed by atoms with Crippen molar-refractivity contribution >= 4 is 11.7 Å². The van der Waals surface area contributed by atoms with Crippen molar-refractivity contribution in [1.29, 1.82) is 0 Å². The van der Waals surface area contributed by atoms with Gasteiger partial charge in [-0.1, -0.05) is 12.1 Å². The SMILES string of the molecule is COc1ccc(CNC(=O)C2CCCN(c3ccc(-n4nc(C)cc4C)nn3)C2)cc1. The maximum absolute atomic E-state index is 12.7. The minimum atomic E-state index is -0.0653. The molecule has 1 aliphatic rings. The van der Waals surface area contributed by atoms with Crippen molar-refractivity contribution in [3.63, 3.8) is 0 Å². The van der Waals surface area contributed by atoms with Crippen LogP contribution in [-0.2, 0) is 11.3 Å². The predicted octanol–water partition coefficient (Wildman–Crippen LogP) is 2.82. The Labute approximate surface area is 182 Å². The summed E-state index contributed by atoms with van der Waals surface area (Å²) in [5.41, 5.74) is 3.02. The van der Waals surface area contributed by atoms with Crippen molar-refractivity contribution in [2.45, 2.75) is 33.2 Å². The van der Waals surface area contributed by atoms with Crippen molar-refractivity contribution in [2.75, 3.05) is 25.1 Å². The molecule has 31 heavy (non-hydrogen) atoms. The fourth-order valence-electron chi connectivity index (χ4n) is 3.94. The van der Waals surface area contributed by atoms with E-state index in [0.717, 1.165) is 47.9 Å². The van der Waals surface area contributed by atoms with Crippen LogP contribution in [0.25, 0.3) is 5.82 Å². The number of aromatic nitrogens is 4. The lowest BCUT2D eigenvalue weighted by Gasteiger charge is -2.32. The lowest BCUT2D eigenvalue weighted by Crippen LogP contribution is -2.43. The number of anilines is 1. The van der Waals surface area contributed by atoms with Gasteiger partial charge in [0, 0.05) is 25.3 Å². The number of hydrogen-bond acceptors (Lipinski definition) is 6. The van der Waals surface area contributed by atoms with E-state index in [4.69, 9.17) is 4.74 Å². The molecule has 0 bridgehead atoms. The molecular formula is C23H28N6O2. The van der Waals surface area contributed by atoms with Gasteiger partial charge >= 0.3 is 0 Å². The first-order valence-corrected chi connectivity index (χ1v) is 10.6. The number of carbonyl (C=O) groups is 1. The lowest BCUT2D eigenvalue weighted by atomic mass is 9.97. The Morgan fingerprint density at radius 3 is 2.52 bits per heavy atom. The molecule has 1 atom stereocenters. The number of hydrogen-bond donors (Lipinski definition) is 1. The number of benzene rings is 1. The highest BCUT2D eigenvalue weighted by Crippen LogP contribution is 2.22. The molecule has 0 spiro atoms. The van der Waals surface area contributed by atoms with Gasteiger partial charge in [-0.3, -0.25) is 4.79 Å². The number of piperidine rings is 1. The van der Waals surface area contributed by atoms with Gasteiger partial charge in [0.05, 0.1) is 18.7 Å². The van der Waals surface area contributed by atoms with Crippen LogP contribution in [-0.4, -0.2) is 46.1 Å². The molecule has 3 heterocycles. The van der Waals surface area contributed by atoms with Gasteiger partial charge in [0.2, 0.25) is 5.91 Å². The van der Waals surface area contributed by atoms with Crippen LogP contribution in [0.4, 0.5) is 5.82 Å². The van der Waals surface area contributed by atoms with Crippen molar-refractivity contribution in [2.24, 2.45) is 5.92 Å². The highest BCUT2D eigenvalue weighted by Gasteiger charge is 2.26. The zero-order valence-electron chi connectivity index (χ0n) is 18.2. The van der Waals surface area contributed by atoms with Crippen molar-refractivity contribution in [3.8, 4) is 11.6 Å². The maximum Gasteiger partial charge on any atom is 0.225 e. The van der Waals surface area contributed by atoms with Crippen LogP contribution in [0.5, 0.6) is 5.75 Å². The second-order valence-corrected chi connectivity index (χ2v) is 7.94. The van der Waals surface area contributed by atoms with Gasteiger partial charge in [0.25, 0.3) is 0 Å². The first kappa shape index (κ1) is 20.8. The van der Waals surface area contributed by atoms with Crippen LogP contribution >= 0.6 is 0 Å². The maximum atomic E-state index is 12.7. The summed E-state index contributed by atoms with van der Waals surface area (Å²) in [5.74, 6) is 2.30. The Hall–Kier alpha value is -3.42. The molecule has 0 radical (unpaired) electrons. The molecule has 2 aromatic heterocycles. The van der Waals surface area contributed by atoms with Gasteiger partial charge in [-0.25, -0.2) is 4.68 Å². The molecule has 1 fully saturated rings. The number of nitrogens with zero attached hydrogens (tertiary/aromatic N) is 5. The first-order chi connectivity index (χ1) is 15.0. The molecule has 3 aromatic rings. The zero-order chi connectivity index (χ0) is 21.8. The highest BCUT2D eigenvalue weighted by molar-refractivity contribution is 5.79. The molecule has 0 saturated carbocycles. The second kappa shape index (κ2) is 9.16. The Bertz CT molecular complexity index is 1030. The Morgan fingerprint density at radius 2 is 1.87 bits per heavy atom. The summed E-state index contributed by atoms with van der Waals surface area (Å²) in [4.78, 5) is 14.9. The number of ether oxygens (including phenoxy) is 1. The summed E-state index contributed by atoms with van der Waals surface area (Å²) in [6.45, 7) is 5.98. The normalized spacial score (nSPS) is 16.2. The van der Waals surface area contributed by atoms with Gasteiger partial charge in [-0.15, -0.1) is 10.2 Å². The molecule has 1 saturated heterocycles. The number of rotatable bonds is 6. The van der Waals surface area contributed by atoms with Crippen LogP contribution in [0.1, 0.15) is 29.8 Å². The van der Waals surface area contributed by atoms with Gasteiger partial charge < -0.3 is 15.0 Å². The molecule has 1 amide bonds. The van der Waals surface area contributed by atoms with E-state index in [1.54, 1.807) is 11.8 Å². The molecule has 162 valence electrons. The van der Waals surface area contributed by atoms with Crippen molar-refractivity contribution < 1.29 is 9.53 Å². The van der Waals surface area contributed by atoms with E-state index in [0.29, 0.717) is 18.9 Å². The van der Waals surface area contributed by atoms with Crippen LogP contribution in [0.15, 0.2) is 42.5 Å². The Kier molecular flexibility index (Phi) is 6.16. The summed E-state index contributed by atoms with van der Waals surface area (Å²) in [5, 5.41) is 16.3. The molecule has 1 aromatic carbocycles. The minimum Gasteiger partial charge on any atom is -0.497 e. The van der Waals surface area contributed by atoms with Crippen molar-refractivity contribution in [1.82, 2.24) is 25.3 Å². The molecule has 8 heteroatoms. The number of nitrogens with one attached hydrogen (secondary N) is 1. The molecule has 8 nitrogen and oxygen atoms in total. The predicted molar refractivity (Wildman–Crippen MR) is 118 cm³/mol. The van der Waals surface area contributed by atoms with Gasteiger partial charge in [0.1, 0.15) is 5.75 Å². The summed E-state index contributed by atoms with van der Waals surface area (Å²) in [7, 11) is 1.64. The highest BCUT2D eigenvalue weighted by atomic mass is 16.5. The topological polar surface area (TPSA) is 85.2 Å². The average molecular weight is 421 g/mol. The monoisotopic (exact) mass is 420 g/mol. The van der Waals surface area contributed by atoms with Gasteiger partial charge in [-0.2, -0.15) is 5.10 Å². The Balaban J connectivity index is 1.36. The molecule has 1 unspecified atom stereocenters. The van der Waals surface area contributed by atoms with Crippen LogP contribution in [0, 0.1) is 19.8 Å². The van der Waals surface area contributed by atoms with E-state index in [-0.39, 0.29) is 11.8 Å². The summed E-state index contributed by atoms with van der Waals surface area (Å²) >= 11 is 0. The average Bonchev–Trinajstić information content (AvgIpc) is 3.15. The third-order valence-electron chi connectivity index (χ3n) is 5.60. The molecule has 1 N–H and O–H groups in total. The zero-order valence-corrected chi connectivity index (χ0v) is 18.2. The summed E-state index contributed by atoms with van der Waals surface area (Å²) in [6.07, 6.45) is 1.82. The Morgan fingerprint density at radius 1 is 1.13 bits per heavy atom. The van der Waals surface area contributed by atoms with E-state index in [9.17, 15) is 4.79 Å². The summed E-state index contributed by atoms with van der Waals surface area (Å²) < 4.78 is 6.96. The third-order valence-corrected chi connectivity index (χ3v) is 5.60. The number of methoxy groups -OCH3 is 1. The van der Waals surface area contributed by atoms with Crippen LogP contribution < -0.4 is 15.0 Å². The van der Waals surface area contributed by atoms with Gasteiger partial charge in [0.15, 0.2) is 11.6 Å². The molecule has 0 aliphatic carbocycles. The van der Waals surface area contributed by atoms with E-state index >= 15 is 0 Å². The minimum absolute atomic E-state index is 0.0653. The van der Waals surface area contributed by atoms with Gasteiger partial charge in [-0.05, 0) is 62.6 Å². The van der Waals surface area contributed by atoms with Crippen LogP contribution in [0.3, 0.4) is 0 Å². The number of carbonyl (C=O) groups excluding carboxylic acids is 1. The third kappa shape index (κ3) is 4.84. The summed E-state index contributed by atoms with van der Waals surface area (Å²) in [6, 6.07) is 13.6. The molecule has 4 rings (SSSR count). The fraction of sp³-hybridized carbons (Fsp3) is 0.391. The standard InChI is InChI=1S/C23H28N6O2/c1-16-13-17(2)29(27-16)22-11-10-21(25-26-22)28-12-4-5-19(15-28)23(30)24-14-18-6-8-20(31-3)9-7-18/h6-11,13,19H,4-5,12,14-15H2,1-3H3,(H,24,30). The van der Waals surface area contributed by atoms with E-state index in [2.05, 4.69) is 25.5 Å². The fourth-order valence-corrected chi connectivity index (χ4v) is 3.94. The second-order valence-electron chi connectivity index (χ2n) is 7.94. The number of aryl methyl sites for hydroxylation is 2. The van der Waals surface area contributed by atoms with E-state index in [1.807, 2.05) is 56.3 Å². The van der Waals surface area contributed by atoms with E-state index < -0.39 is 0 Å². The first-order valence-electron chi connectivity index (χ1n) is 10.6. The number of amides is 1. The van der Waals surface area contributed by atoms with E-state index in [1.165, 1.54) is 0 Å². The smallest absolute Gasteiger partial charge is 0.225 e.